The van der Waals surface area contributed by atoms with E-state index >= 15 is 0 Å². The molecule has 0 aliphatic heterocycles. The van der Waals surface area contributed by atoms with Gasteiger partial charge in [-0.05, 0) is 18.3 Å². The quantitative estimate of drug-likeness (QED) is 0.846. The molecule has 0 amide bonds. The second-order valence-corrected chi connectivity index (χ2v) is 5.17. The second kappa shape index (κ2) is 5.87. The van der Waals surface area contributed by atoms with Crippen LogP contribution in [0.4, 0.5) is 0 Å². The molecule has 0 aromatic carbocycles. The van der Waals surface area contributed by atoms with Crippen LogP contribution in [0.25, 0.3) is 0 Å². The highest BCUT2D eigenvalue weighted by molar-refractivity contribution is 9.09. The minimum Gasteiger partial charge on any atom is -0.299 e. The number of aromatic amines is 1. The molecular formula is C11H16BrClN2O2. The lowest BCUT2D eigenvalue weighted by Gasteiger charge is -2.29. The summed E-state index contributed by atoms with van der Waals surface area (Å²) in [5.41, 5.74) is -0.942. The van der Waals surface area contributed by atoms with E-state index in [4.69, 9.17) is 11.6 Å². The van der Waals surface area contributed by atoms with Crippen molar-refractivity contribution in [1.29, 1.82) is 0 Å². The predicted molar refractivity (Wildman–Crippen MR) is 73.1 cm³/mol. The molecule has 0 saturated heterocycles. The van der Waals surface area contributed by atoms with E-state index in [-0.39, 0.29) is 10.4 Å². The zero-order valence-electron chi connectivity index (χ0n) is 9.93. The summed E-state index contributed by atoms with van der Waals surface area (Å²) in [5.74, 6) is 0. The average Bonchev–Trinajstić information content (AvgIpc) is 2.33. The van der Waals surface area contributed by atoms with Crippen molar-refractivity contribution in [3.8, 4) is 0 Å². The van der Waals surface area contributed by atoms with Crippen molar-refractivity contribution >= 4 is 27.5 Å². The number of nitrogens with zero attached hydrogens (tertiary/aromatic N) is 1. The monoisotopic (exact) mass is 322 g/mol. The molecule has 0 aliphatic carbocycles. The van der Waals surface area contributed by atoms with Crippen molar-refractivity contribution in [2.75, 3.05) is 5.33 Å². The minimum absolute atomic E-state index is 0.00535. The molecule has 1 aromatic rings. The number of halogens is 2. The highest BCUT2D eigenvalue weighted by atomic mass is 79.9. The van der Waals surface area contributed by atoms with Crippen LogP contribution in [0.5, 0.6) is 0 Å². The number of alkyl halides is 1. The van der Waals surface area contributed by atoms with Gasteiger partial charge >= 0.3 is 5.69 Å². The maximum atomic E-state index is 11.7. The summed E-state index contributed by atoms with van der Waals surface area (Å²) in [7, 11) is 0. The van der Waals surface area contributed by atoms with Gasteiger partial charge in [0.15, 0.2) is 0 Å². The van der Waals surface area contributed by atoms with Gasteiger partial charge < -0.3 is 0 Å². The van der Waals surface area contributed by atoms with Crippen LogP contribution in [0.1, 0.15) is 26.7 Å². The Labute approximate surface area is 113 Å². The van der Waals surface area contributed by atoms with Gasteiger partial charge in [0.1, 0.15) is 5.02 Å². The standard InChI is InChI=1S/C11H16BrClN2O2/c1-3-11(4-2,6-12)7-15-5-8(13)9(16)14-10(15)17/h5H,3-4,6-7H2,1-2H3,(H,14,16,17). The van der Waals surface area contributed by atoms with Crippen LogP contribution in [-0.2, 0) is 6.54 Å². The smallest absolute Gasteiger partial charge is 0.299 e. The fraction of sp³-hybridized carbons (Fsp3) is 0.636. The van der Waals surface area contributed by atoms with Crippen LogP contribution >= 0.6 is 27.5 Å². The SMILES string of the molecule is CCC(CC)(CBr)Cn1cc(Cl)c(=O)[nH]c1=O. The zero-order valence-corrected chi connectivity index (χ0v) is 12.3. The zero-order chi connectivity index (χ0) is 13.1. The first-order valence-electron chi connectivity index (χ1n) is 5.53. The summed E-state index contributed by atoms with van der Waals surface area (Å²) in [6, 6.07) is 0. The summed E-state index contributed by atoms with van der Waals surface area (Å²) in [5, 5.41) is 0.844. The first kappa shape index (κ1) is 14.5. The van der Waals surface area contributed by atoms with Crippen LogP contribution in [-0.4, -0.2) is 14.9 Å². The summed E-state index contributed by atoms with van der Waals surface area (Å²) in [6.45, 7) is 4.72. The minimum atomic E-state index is -0.537. The van der Waals surface area contributed by atoms with Crippen molar-refractivity contribution < 1.29 is 0 Å². The van der Waals surface area contributed by atoms with Gasteiger partial charge in [0.05, 0.1) is 0 Å². The highest BCUT2D eigenvalue weighted by Crippen LogP contribution is 2.30. The van der Waals surface area contributed by atoms with Gasteiger partial charge in [0, 0.05) is 18.1 Å². The lowest BCUT2D eigenvalue weighted by Crippen LogP contribution is -2.36. The topological polar surface area (TPSA) is 54.9 Å². The molecule has 4 nitrogen and oxygen atoms in total. The molecule has 0 aliphatic rings. The van der Waals surface area contributed by atoms with Gasteiger partial charge in [-0.2, -0.15) is 0 Å². The Morgan fingerprint density at radius 2 is 2.00 bits per heavy atom. The van der Waals surface area contributed by atoms with Crippen molar-refractivity contribution in [3.05, 3.63) is 32.1 Å². The fourth-order valence-electron chi connectivity index (χ4n) is 1.67. The molecule has 1 rings (SSSR count). The van der Waals surface area contributed by atoms with Gasteiger partial charge in [-0.15, -0.1) is 0 Å². The molecule has 6 heteroatoms. The molecule has 0 bridgehead atoms. The van der Waals surface area contributed by atoms with E-state index in [9.17, 15) is 9.59 Å². The average molecular weight is 324 g/mol. The number of nitrogens with one attached hydrogen (secondary N) is 1. The van der Waals surface area contributed by atoms with E-state index in [1.807, 2.05) is 0 Å². The maximum Gasteiger partial charge on any atom is 0.328 e. The van der Waals surface area contributed by atoms with Crippen molar-refractivity contribution in [1.82, 2.24) is 9.55 Å². The molecule has 0 fully saturated rings. The molecule has 17 heavy (non-hydrogen) atoms. The lowest BCUT2D eigenvalue weighted by molar-refractivity contribution is 0.254. The largest absolute Gasteiger partial charge is 0.328 e. The Bertz CT molecular complexity index is 483. The van der Waals surface area contributed by atoms with Crippen LogP contribution in [0, 0.1) is 5.41 Å². The van der Waals surface area contributed by atoms with E-state index in [1.54, 1.807) is 0 Å². The number of H-pyrrole nitrogens is 1. The van der Waals surface area contributed by atoms with Crippen LogP contribution in [0.15, 0.2) is 15.8 Å². The Morgan fingerprint density at radius 3 is 2.47 bits per heavy atom. The summed E-state index contributed by atoms with van der Waals surface area (Å²) in [6.07, 6.45) is 3.29. The van der Waals surface area contributed by atoms with Crippen molar-refractivity contribution in [2.24, 2.45) is 5.41 Å². The van der Waals surface area contributed by atoms with Crippen LogP contribution < -0.4 is 11.2 Å². The Hall–Kier alpha value is -0.550. The van der Waals surface area contributed by atoms with Gasteiger partial charge in [0.2, 0.25) is 0 Å². The molecule has 1 N–H and O–H groups in total. The highest BCUT2D eigenvalue weighted by Gasteiger charge is 2.26. The predicted octanol–water partition coefficient (Wildman–Crippen LogP) is 2.39. The summed E-state index contributed by atoms with van der Waals surface area (Å²) >= 11 is 9.22. The third-order valence-corrected chi connectivity index (χ3v) is 4.72. The molecule has 0 spiro atoms. The number of rotatable bonds is 5. The molecule has 0 radical (unpaired) electrons. The van der Waals surface area contributed by atoms with Crippen molar-refractivity contribution in [3.63, 3.8) is 0 Å². The van der Waals surface area contributed by atoms with Crippen LogP contribution in [0.3, 0.4) is 0 Å². The van der Waals surface area contributed by atoms with E-state index in [2.05, 4.69) is 34.8 Å². The van der Waals surface area contributed by atoms with E-state index < -0.39 is 11.2 Å². The molecule has 0 atom stereocenters. The molecule has 0 saturated carbocycles. The van der Waals surface area contributed by atoms with Gasteiger partial charge in [-0.1, -0.05) is 41.4 Å². The van der Waals surface area contributed by atoms with Gasteiger partial charge in [0.25, 0.3) is 5.56 Å². The van der Waals surface area contributed by atoms with E-state index in [0.29, 0.717) is 6.54 Å². The van der Waals surface area contributed by atoms with E-state index in [1.165, 1.54) is 10.8 Å². The molecule has 0 unspecified atom stereocenters. The molecular weight excluding hydrogens is 307 g/mol. The molecule has 1 aromatic heterocycles. The van der Waals surface area contributed by atoms with Crippen LogP contribution in [0.2, 0.25) is 5.02 Å². The fourth-order valence-corrected chi connectivity index (χ4v) is 2.80. The first-order valence-corrected chi connectivity index (χ1v) is 7.03. The van der Waals surface area contributed by atoms with Gasteiger partial charge in [-0.25, -0.2) is 4.79 Å². The Balaban J connectivity index is 3.14. The number of hydrogen-bond acceptors (Lipinski definition) is 2. The third kappa shape index (κ3) is 3.22. The second-order valence-electron chi connectivity index (χ2n) is 4.20. The van der Waals surface area contributed by atoms with Gasteiger partial charge in [-0.3, -0.25) is 14.3 Å². The molecule has 96 valence electrons. The third-order valence-electron chi connectivity index (χ3n) is 3.26. The number of hydrogen-bond donors (Lipinski definition) is 1. The maximum absolute atomic E-state index is 11.7. The summed E-state index contributed by atoms with van der Waals surface area (Å²) in [4.78, 5) is 25.0. The first-order chi connectivity index (χ1) is 7.98. The lowest BCUT2D eigenvalue weighted by atomic mass is 9.84. The normalized spacial score (nSPS) is 11.8. The molecule has 1 heterocycles. The summed E-state index contributed by atoms with van der Waals surface area (Å²) < 4.78 is 1.47. The van der Waals surface area contributed by atoms with E-state index in [0.717, 1.165) is 18.2 Å². The number of aromatic nitrogens is 2. The Kier molecular flexibility index (Phi) is 5.01. The Morgan fingerprint density at radius 1 is 1.41 bits per heavy atom. The van der Waals surface area contributed by atoms with Crippen molar-refractivity contribution in [2.45, 2.75) is 33.2 Å².